The van der Waals surface area contributed by atoms with E-state index >= 15 is 0 Å². The first-order valence-electron chi connectivity index (χ1n) is 13.6. The van der Waals surface area contributed by atoms with Crippen molar-refractivity contribution in [1.29, 1.82) is 0 Å². The predicted octanol–water partition coefficient (Wildman–Crippen LogP) is 5.52. The molecule has 0 aliphatic heterocycles. The van der Waals surface area contributed by atoms with E-state index in [0.29, 0.717) is 12.3 Å². The van der Waals surface area contributed by atoms with Crippen molar-refractivity contribution in [2.45, 2.75) is 116 Å². The van der Waals surface area contributed by atoms with Crippen molar-refractivity contribution >= 4 is 33.7 Å². The number of thioether (sulfide) groups is 1. The summed E-state index contributed by atoms with van der Waals surface area (Å²) in [5.41, 5.74) is -1.14. The van der Waals surface area contributed by atoms with Gasteiger partial charge in [-0.1, -0.05) is 76.9 Å². The van der Waals surface area contributed by atoms with Gasteiger partial charge in [-0.05, 0) is 46.0 Å². The van der Waals surface area contributed by atoms with Gasteiger partial charge in [0.25, 0.3) is 0 Å². The Hall–Kier alpha value is -1.06. The molecule has 0 aliphatic carbocycles. The Balaban J connectivity index is 3.50. The van der Waals surface area contributed by atoms with E-state index in [4.69, 9.17) is 0 Å². The zero-order valence-electron chi connectivity index (χ0n) is 22.8. The summed E-state index contributed by atoms with van der Waals surface area (Å²) in [6.45, 7) is 5.88. The summed E-state index contributed by atoms with van der Waals surface area (Å²) in [5.74, 6) is -0.603. The molecule has 0 saturated carbocycles. The average Bonchev–Trinajstić information content (AvgIpc) is 2.76. The maximum atomic E-state index is 11.9. The number of hydrogen-bond acceptors (Lipinski definition) is 6. The normalized spacial score (nSPS) is 12.2. The van der Waals surface area contributed by atoms with Crippen LogP contribution in [0.3, 0.4) is 0 Å². The highest BCUT2D eigenvalue weighted by molar-refractivity contribution is 8.00. The van der Waals surface area contributed by atoms with Crippen LogP contribution >= 0.6 is 11.8 Å². The average molecular weight is 547 g/mol. The van der Waals surface area contributed by atoms with Crippen LogP contribution in [0.2, 0.25) is 0 Å². The van der Waals surface area contributed by atoms with E-state index in [9.17, 15) is 22.6 Å². The Bertz CT molecular complexity index is 709. The molecule has 0 rings (SSSR count). The lowest BCUT2D eigenvalue weighted by atomic mass is 10.1. The molecule has 36 heavy (non-hydrogen) atoms. The van der Waals surface area contributed by atoms with Gasteiger partial charge in [-0.25, -0.2) is 8.42 Å². The second-order valence-corrected chi connectivity index (χ2v) is 12.5. The molecular formula is C27H50N2O5S2-. The van der Waals surface area contributed by atoms with Gasteiger partial charge in [0.1, 0.15) is 0 Å². The molecule has 0 aromatic heterocycles. The number of carbonyl (C=O) groups is 2. The van der Waals surface area contributed by atoms with Crippen LogP contribution in [-0.4, -0.2) is 54.1 Å². The number of hydrogen-bond donors (Lipinski definition) is 2. The van der Waals surface area contributed by atoms with Gasteiger partial charge >= 0.3 is 0 Å². The minimum atomic E-state index is -4.43. The van der Waals surface area contributed by atoms with E-state index in [1.165, 1.54) is 109 Å². The molecule has 0 fully saturated rings. The number of allylic oxidation sites excluding steroid dienone is 2. The molecule has 211 valence electrons. The molecule has 0 aromatic carbocycles. The van der Waals surface area contributed by atoms with Crippen LogP contribution < -0.4 is 10.6 Å². The van der Waals surface area contributed by atoms with Crippen LogP contribution in [0.15, 0.2) is 12.2 Å². The predicted molar refractivity (Wildman–Crippen MR) is 151 cm³/mol. The monoisotopic (exact) mass is 546 g/mol. The summed E-state index contributed by atoms with van der Waals surface area (Å²) in [4.78, 5) is 23.7. The van der Waals surface area contributed by atoms with Crippen molar-refractivity contribution in [2.75, 3.05) is 23.8 Å². The van der Waals surface area contributed by atoms with Crippen molar-refractivity contribution in [2.24, 2.45) is 0 Å². The first-order valence-corrected chi connectivity index (χ1v) is 16.4. The molecule has 0 bridgehead atoms. The molecular weight excluding hydrogens is 496 g/mol. The van der Waals surface area contributed by atoms with Crippen LogP contribution in [-0.2, 0) is 19.7 Å². The molecule has 0 unspecified atom stereocenters. The molecule has 1 radical (unpaired) electrons. The van der Waals surface area contributed by atoms with Crippen molar-refractivity contribution in [1.82, 2.24) is 10.6 Å². The summed E-state index contributed by atoms with van der Waals surface area (Å²) in [6.07, 6.45) is 23.6. The minimum Gasteiger partial charge on any atom is -0.748 e. The molecule has 0 aliphatic rings. The maximum absolute atomic E-state index is 11.9. The molecule has 2 N–H and O–H groups in total. The molecule has 0 heterocycles. The summed E-state index contributed by atoms with van der Waals surface area (Å²) < 4.78 is 32.6. The zero-order chi connectivity index (χ0) is 27.1. The second-order valence-electron chi connectivity index (χ2n) is 10.1. The number of unbranched alkanes of at least 4 members (excludes halogenated alkanes) is 12. The van der Waals surface area contributed by atoms with Gasteiger partial charge in [0.15, 0.2) is 0 Å². The van der Waals surface area contributed by atoms with Crippen LogP contribution in [0.4, 0.5) is 0 Å². The number of rotatable bonds is 24. The van der Waals surface area contributed by atoms with E-state index in [2.05, 4.69) is 29.7 Å². The Morgan fingerprint density at radius 3 is 1.94 bits per heavy atom. The standard InChI is InChI=1S/C27H51N2O5S2/c1-4-5-6-7-8-9-10-11-12-13-14-15-16-17-18-19-21-28-26(31)23-35-22-20-25(30)29-27(2,3)24-36(32,33)34/h11-12,20H,4-10,13-19,21-24H2,1-3H3,(H,28,31)(H,29,30)(H,32,33,34)/p-1/b12-11+. The van der Waals surface area contributed by atoms with E-state index in [0.717, 1.165) is 12.8 Å². The van der Waals surface area contributed by atoms with E-state index in [-0.39, 0.29) is 11.7 Å². The highest BCUT2D eigenvalue weighted by Crippen LogP contribution is 2.10. The van der Waals surface area contributed by atoms with Crippen molar-refractivity contribution < 1.29 is 22.6 Å². The summed E-state index contributed by atoms with van der Waals surface area (Å²) in [5, 5.41) is 5.40. The fourth-order valence-electron chi connectivity index (χ4n) is 3.80. The van der Waals surface area contributed by atoms with Gasteiger partial charge in [-0.3, -0.25) is 9.59 Å². The Kier molecular flexibility index (Phi) is 21.3. The first-order chi connectivity index (χ1) is 17.1. The Morgan fingerprint density at radius 2 is 1.39 bits per heavy atom. The number of carbonyl (C=O) groups excluding carboxylic acids is 2. The van der Waals surface area contributed by atoms with Gasteiger partial charge in [0.05, 0.1) is 28.0 Å². The SMILES string of the molecule is CCCCCCCC/C=C/CCCCCCCCNC(=O)CSC[CH]C(=O)NC(C)(C)CS(=O)(=O)[O-]. The van der Waals surface area contributed by atoms with Gasteiger partial charge in [0, 0.05) is 17.8 Å². The smallest absolute Gasteiger partial charge is 0.229 e. The third kappa shape index (κ3) is 26.0. The molecule has 9 heteroatoms. The summed E-state index contributed by atoms with van der Waals surface area (Å²) in [6, 6.07) is 0. The largest absolute Gasteiger partial charge is 0.748 e. The third-order valence-corrected chi connectivity index (χ3v) is 7.57. The van der Waals surface area contributed by atoms with Crippen LogP contribution in [0.25, 0.3) is 0 Å². The molecule has 2 amide bonds. The highest BCUT2D eigenvalue weighted by atomic mass is 32.2. The summed E-state index contributed by atoms with van der Waals surface area (Å²) >= 11 is 1.30. The number of nitrogens with one attached hydrogen (secondary N) is 2. The highest BCUT2D eigenvalue weighted by Gasteiger charge is 2.23. The lowest BCUT2D eigenvalue weighted by Crippen LogP contribution is -2.48. The van der Waals surface area contributed by atoms with E-state index in [1.807, 2.05) is 0 Å². The lowest BCUT2D eigenvalue weighted by molar-refractivity contribution is -0.119. The fourth-order valence-corrected chi connectivity index (χ4v) is 5.43. The Morgan fingerprint density at radius 1 is 0.861 bits per heavy atom. The molecule has 0 atom stereocenters. The van der Waals surface area contributed by atoms with Crippen molar-refractivity contribution in [3.8, 4) is 0 Å². The minimum absolute atomic E-state index is 0.0562. The fraction of sp³-hybridized carbons (Fsp3) is 0.815. The van der Waals surface area contributed by atoms with Gasteiger partial charge in [0.2, 0.25) is 11.8 Å². The molecule has 0 spiro atoms. The Labute approximate surface area is 225 Å². The zero-order valence-corrected chi connectivity index (χ0v) is 24.5. The third-order valence-electron chi connectivity index (χ3n) is 5.63. The van der Waals surface area contributed by atoms with Crippen molar-refractivity contribution in [3.63, 3.8) is 0 Å². The quantitative estimate of drug-likeness (QED) is 0.0936. The number of amides is 2. The van der Waals surface area contributed by atoms with Gasteiger partial charge in [-0.2, -0.15) is 11.8 Å². The molecule has 0 aromatic rings. The van der Waals surface area contributed by atoms with E-state index in [1.54, 1.807) is 0 Å². The molecule has 0 saturated heterocycles. The lowest BCUT2D eigenvalue weighted by Gasteiger charge is -2.27. The second kappa shape index (κ2) is 22.0. The van der Waals surface area contributed by atoms with Gasteiger partial charge in [-0.15, -0.1) is 0 Å². The maximum Gasteiger partial charge on any atom is 0.229 e. The first kappa shape index (κ1) is 34.9. The van der Waals surface area contributed by atoms with Crippen molar-refractivity contribution in [3.05, 3.63) is 18.6 Å². The van der Waals surface area contributed by atoms with Crippen LogP contribution in [0.1, 0.15) is 111 Å². The van der Waals surface area contributed by atoms with Crippen LogP contribution in [0.5, 0.6) is 0 Å². The molecule has 7 nitrogen and oxygen atoms in total. The summed E-state index contributed by atoms with van der Waals surface area (Å²) in [7, 11) is -4.43. The van der Waals surface area contributed by atoms with Gasteiger partial charge < -0.3 is 15.2 Å². The topological polar surface area (TPSA) is 115 Å². The van der Waals surface area contributed by atoms with E-state index < -0.39 is 27.3 Å². The van der Waals surface area contributed by atoms with Crippen LogP contribution in [0, 0.1) is 6.42 Å².